The van der Waals surface area contributed by atoms with Crippen LogP contribution in [0.3, 0.4) is 0 Å². The minimum absolute atomic E-state index is 0.0810. The molecule has 4 aromatic rings. The molecule has 10 heteroatoms. The molecule has 1 aromatic carbocycles. The minimum Gasteiger partial charge on any atom is -0.338 e. The molecule has 1 aliphatic rings. The van der Waals surface area contributed by atoms with Crippen molar-refractivity contribution in [1.82, 2.24) is 24.4 Å². The lowest BCUT2D eigenvalue weighted by Crippen LogP contribution is -2.50. The zero-order valence-corrected chi connectivity index (χ0v) is 17.8. The Labute approximate surface area is 186 Å². The molecule has 0 aliphatic carbocycles. The molecule has 0 unspecified atom stereocenters. The van der Waals surface area contributed by atoms with Gasteiger partial charge >= 0.3 is 0 Å². The molecule has 8 nitrogen and oxygen atoms in total. The van der Waals surface area contributed by atoms with Gasteiger partial charge in [-0.3, -0.25) is 14.2 Å². The van der Waals surface area contributed by atoms with Gasteiger partial charge in [-0.1, -0.05) is 12.1 Å². The van der Waals surface area contributed by atoms with E-state index < -0.39 is 0 Å². The summed E-state index contributed by atoms with van der Waals surface area (Å²) in [5, 5.41) is 2.28. The van der Waals surface area contributed by atoms with E-state index in [9.17, 15) is 14.0 Å². The maximum absolute atomic E-state index is 13.3. The number of hydrogen-bond acceptors (Lipinski definition) is 7. The Morgan fingerprint density at radius 2 is 1.75 bits per heavy atom. The SMILES string of the molecule is O=C(Cn1cnc2scc(-c3ccc(F)cc3)c2c1=O)N1CCN(c2ncccn2)CC1. The number of rotatable bonds is 4. The van der Waals surface area contributed by atoms with Crippen molar-refractivity contribution in [3.63, 3.8) is 0 Å². The molecule has 3 aromatic heterocycles. The first-order valence-electron chi connectivity index (χ1n) is 10.1. The van der Waals surface area contributed by atoms with Crippen molar-refractivity contribution in [1.29, 1.82) is 0 Å². The fourth-order valence-corrected chi connectivity index (χ4v) is 4.68. The van der Waals surface area contributed by atoms with Crippen LogP contribution in [0, 0.1) is 5.82 Å². The number of amides is 1. The van der Waals surface area contributed by atoms with Crippen LogP contribution < -0.4 is 10.5 Å². The van der Waals surface area contributed by atoms with Crippen molar-refractivity contribution in [3.05, 3.63) is 70.6 Å². The first kappa shape index (κ1) is 20.3. The largest absolute Gasteiger partial charge is 0.338 e. The maximum atomic E-state index is 13.3. The summed E-state index contributed by atoms with van der Waals surface area (Å²) in [6.45, 7) is 2.23. The summed E-state index contributed by atoms with van der Waals surface area (Å²) in [5.74, 6) is 0.171. The standard InChI is InChI=1S/C22H19FN6O2S/c23-16-4-2-15(3-5-16)17-13-32-20-19(17)21(31)29(14-26-20)12-18(30)27-8-10-28(11-9-27)22-24-6-1-7-25-22/h1-7,13-14H,8-12H2. The van der Waals surface area contributed by atoms with Crippen LogP contribution in [-0.4, -0.2) is 56.5 Å². The summed E-state index contributed by atoms with van der Waals surface area (Å²) in [6.07, 6.45) is 4.81. The minimum atomic E-state index is -0.339. The average Bonchev–Trinajstić information content (AvgIpc) is 3.27. The second kappa shape index (κ2) is 8.46. The van der Waals surface area contributed by atoms with E-state index in [0.717, 1.165) is 5.56 Å². The number of anilines is 1. The van der Waals surface area contributed by atoms with Crippen LogP contribution in [0.5, 0.6) is 0 Å². The van der Waals surface area contributed by atoms with Gasteiger partial charge in [0, 0.05) is 49.5 Å². The van der Waals surface area contributed by atoms with E-state index in [0.29, 0.717) is 47.9 Å². The Morgan fingerprint density at radius 1 is 1.03 bits per heavy atom. The number of piperazine rings is 1. The highest BCUT2D eigenvalue weighted by molar-refractivity contribution is 7.17. The van der Waals surface area contributed by atoms with Crippen molar-refractivity contribution in [2.45, 2.75) is 6.54 Å². The first-order valence-corrected chi connectivity index (χ1v) is 11.0. The van der Waals surface area contributed by atoms with Crippen LogP contribution in [0.1, 0.15) is 0 Å². The number of halogens is 1. The van der Waals surface area contributed by atoms with Gasteiger partial charge in [-0.15, -0.1) is 11.3 Å². The molecular weight excluding hydrogens is 431 g/mol. The van der Waals surface area contributed by atoms with Gasteiger partial charge in [0.2, 0.25) is 11.9 Å². The van der Waals surface area contributed by atoms with Crippen LogP contribution in [0.2, 0.25) is 0 Å². The highest BCUT2D eigenvalue weighted by Crippen LogP contribution is 2.30. The molecule has 1 fully saturated rings. The van der Waals surface area contributed by atoms with Gasteiger partial charge in [0.1, 0.15) is 17.2 Å². The van der Waals surface area contributed by atoms with E-state index in [2.05, 4.69) is 15.0 Å². The van der Waals surface area contributed by atoms with E-state index in [-0.39, 0.29) is 23.8 Å². The van der Waals surface area contributed by atoms with E-state index in [4.69, 9.17) is 0 Å². The fourth-order valence-electron chi connectivity index (χ4n) is 3.78. The van der Waals surface area contributed by atoms with E-state index in [1.807, 2.05) is 10.3 Å². The summed E-state index contributed by atoms with van der Waals surface area (Å²) < 4.78 is 14.6. The lowest BCUT2D eigenvalue weighted by atomic mass is 10.1. The summed E-state index contributed by atoms with van der Waals surface area (Å²) in [4.78, 5) is 43.3. The molecule has 1 saturated heterocycles. The van der Waals surface area contributed by atoms with Crippen LogP contribution in [0.4, 0.5) is 10.3 Å². The lowest BCUT2D eigenvalue weighted by Gasteiger charge is -2.34. The van der Waals surface area contributed by atoms with Gasteiger partial charge < -0.3 is 9.80 Å². The van der Waals surface area contributed by atoms with Crippen molar-refractivity contribution in [2.24, 2.45) is 0 Å². The van der Waals surface area contributed by atoms with E-state index >= 15 is 0 Å². The molecule has 0 spiro atoms. The average molecular weight is 450 g/mol. The molecule has 4 heterocycles. The van der Waals surface area contributed by atoms with Crippen molar-refractivity contribution >= 4 is 33.4 Å². The molecule has 0 atom stereocenters. The van der Waals surface area contributed by atoms with Crippen molar-refractivity contribution in [2.75, 3.05) is 31.1 Å². The molecule has 1 amide bonds. The molecule has 0 bridgehead atoms. The molecule has 162 valence electrons. The monoisotopic (exact) mass is 450 g/mol. The summed E-state index contributed by atoms with van der Waals surface area (Å²) >= 11 is 1.35. The van der Waals surface area contributed by atoms with Gasteiger partial charge in [-0.25, -0.2) is 19.3 Å². The van der Waals surface area contributed by atoms with Gasteiger partial charge in [0.25, 0.3) is 5.56 Å². The highest BCUT2D eigenvalue weighted by atomic mass is 32.1. The van der Waals surface area contributed by atoms with Crippen LogP contribution in [-0.2, 0) is 11.3 Å². The Bertz CT molecular complexity index is 1310. The third kappa shape index (κ3) is 3.84. The Kier molecular flexibility index (Phi) is 5.36. The number of nitrogens with zero attached hydrogens (tertiary/aromatic N) is 6. The number of aromatic nitrogens is 4. The first-order chi connectivity index (χ1) is 15.6. The van der Waals surface area contributed by atoms with E-state index in [1.165, 1.54) is 34.4 Å². The van der Waals surface area contributed by atoms with E-state index in [1.54, 1.807) is 35.5 Å². The molecule has 0 radical (unpaired) electrons. The van der Waals surface area contributed by atoms with Gasteiger partial charge in [0.15, 0.2) is 0 Å². The zero-order valence-electron chi connectivity index (χ0n) is 17.0. The van der Waals surface area contributed by atoms with Gasteiger partial charge in [-0.2, -0.15) is 0 Å². The number of carbonyl (C=O) groups excluding carboxylic acids is 1. The third-order valence-electron chi connectivity index (χ3n) is 5.49. The maximum Gasteiger partial charge on any atom is 0.263 e. The number of benzene rings is 1. The number of carbonyl (C=O) groups is 1. The number of thiophene rings is 1. The summed E-state index contributed by atoms with van der Waals surface area (Å²) in [5.41, 5.74) is 1.15. The van der Waals surface area contributed by atoms with Gasteiger partial charge in [-0.05, 0) is 23.8 Å². The van der Waals surface area contributed by atoms with Crippen LogP contribution in [0.25, 0.3) is 21.3 Å². The Morgan fingerprint density at radius 3 is 2.47 bits per heavy atom. The summed E-state index contributed by atoms with van der Waals surface area (Å²) in [6, 6.07) is 7.75. The van der Waals surface area contributed by atoms with Crippen molar-refractivity contribution in [3.8, 4) is 11.1 Å². The Hall–Kier alpha value is -3.66. The predicted molar refractivity (Wildman–Crippen MR) is 120 cm³/mol. The second-order valence-corrected chi connectivity index (χ2v) is 8.29. The molecule has 0 saturated carbocycles. The Balaban J connectivity index is 1.34. The normalized spacial score (nSPS) is 14.2. The molecular formula is C22H19FN6O2S. The quantitative estimate of drug-likeness (QED) is 0.475. The van der Waals surface area contributed by atoms with Crippen LogP contribution in [0.15, 0.2) is 59.2 Å². The van der Waals surface area contributed by atoms with Crippen molar-refractivity contribution < 1.29 is 9.18 Å². The predicted octanol–water partition coefficient (Wildman–Crippen LogP) is 2.40. The smallest absolute Gasteiger partial charge is 0.263 e. The number of fused-ring (bicyclic) bond motifs is 1. The fraction of sp³-hybridized carbons (Fsp3) is 0.227. The van der Waals surface area contributed by atoms with Gasteiger partial charge in [0.05, 0.1) is 11.7 Å². The molecule has 5 rings (SSSR count). The molecule has 1 aliphatic heterocycles. The lowest BCUT2D eigenvalue weighted by molar-refractivity contribution is -0.132. The highest BCUT2D eigenvalue weighted by Gasteiger charge is 2.23. The topological polar surface area (TPSA) is 84.2 Å². The number of hydrogen-bond donors (Lipinski definition) is 0. The zero-order chi connectivity index (χ0) is 22.1. The molecule has 32 heavy (non-hydrogen) atoms. The van der Waals surface area contributed by atoms with Crippen LogP contribution >= 0.6 is 11.3 Å². The molecule has 0 N–H and O–H groups in total. The second-order valence-electron chi connectivity index (χ2n) is 7.43. The third-order valence-corrected chi connectivity index (χ3v) is 6.38. The summed E-state index contributed by atoms with van der Waals surface area (Å²) in [7, 11) is 0.